The molecule has 0 heterocycles. The molecule has 2 rings (SSSR count). The van der Waals surface area contributed by atoms with Crippen LogP contribution in [0.2, 0.25) is 0 Å². The first-order valence-electron chi connectivity index (χ1n) is 9.49. The van der Waals surface area contributed by atoms with E-state index in [9.17, 15) is 17.6 Å². The summed E-state index contributed by atoms with van der Waals surface area (Å²) in [5.41, 5.74) is 0. The largest absolute Gasteiger partial charge is 0.355 e. The molecule has 27 heavy (non-hydrogen) atoms. The number of carbonyl (C=O) groups excluding carboxylic acids is 1. The van der Waals surface area contributed by atoms with Crippen LogP contribution in [0.1, 0.15) is 38.5 Å². The van der Waals surface area contributed by atoms with Crippen LogP contribution in [0.5, 0.6) is 0 Å². The molecule has 0 spiro atoms. The lowest BCUT2D eigenvalue weighted by atomic mass is 9.94. The molecule has 1 amide bonds. The van der Waals surface area contributed by atoms with Crippen molar-refractivity contribution in [3.05, 3.63) is 30.1 Å². The van der Waals surface area contributed by atoms with Crippen molar-refractivity contribution in [3.8, 4) is 0 Å². The van der Waals surface area contributed by atoms with Crippen LogP contribution < -0.4 is 5.32 Å². The predicted octanol–water partition coefficient (Wildman–Crippen LogP) is 2.22. The van der Waals surface area contributed by atoms with Crippen LogP contribution in [-0.2, 0) is 14.8 Å². The third-order valence-electron chi connectivity index (χ3n) is 5.10. The highest BCUT2D eigenvalue weighted by molar-refractivity contribution is 7.89. The number of benzene rings is 1. The quantitative estimate of drug-likeness (QED) is 0.647. The molecule has 8 heteroatoms. The fourth-order valence-electron chi connectivity index (χ4n) is 3.39. The Morgan fingerprint density at radius 1 is 1.15 bits per heavy atom. The standard InChI is InChI=1S/C19H30FN3O3S/c1-22(17-7-4-3-5-8-17)14-6-13-21-19(24)15-23(2)27(25,26)18-11-9-16(20)10-12-18/h9-12,17H,3-8,13-15H2,1-2H3,(H,21,24). The molecule has 1 aromatic rings. The Balaban J connectivity index is 1.72. The van der Waals surface area contributed by atoms with Gasteiger partial charge in [-0.2, -0.15) is 4.31 Å². The van der Waals surface area contributed by atoms with Gasteiger partial charge in [0.05, 0.1) is 11.4 Å². The highest BCUT2D eigenvalue weighted by atomic mass is 32.2. The molecular weight excluding hydrogens is 369 g/mol. The molecule has 0 radical (unpaired) electrons. The van der Waals surface area contributed by atoms with E-state index >= 15 is 0 Å². The van der Waals surface area contributed by atoms with Gasteiger partial charge in [0.25, 0.3) is 0 Å². The number of rotatable bonds is 9. The average Bonchev–Trinajstić information content (AvgIpc) is 2.66. The Bertz CT molecular complexity index is 703. The third-order valence-corrected chi connectivity index (χ3v) is 6.91. The molecule has 152 valence electrons. The van der Waals surface area contributed by atoms with Crippen LogP contribution >= 0.6 is 0 Å². The van der Waals surface area contributed by atoms with Crippen LogP contribution in [0.25, 0.3) is 0 Å². The summed E-state index contributed by atoms with van der Waals surface area (Å²) >= 11 is 0. The first kappa shape index (κ1) is 21.8. The molecule has 1 saturated carbocycles. The van der Waals surface area contributed by atoms with E-state index in [2.05, 4.69) is 17.3 Å². The molecule has 6 nitrogen and oxygen atoms in total. The van der Waals surface area contributed by atoms with Crippen LogP contribution in [0.15, 0.2) is 29.2 Å². The SMILES string of the molecule is CN(CCCNC(=O)CN(C)S(=O)(=O)c1ccc(F)cc1)C1CCCCC1. The highest BCUT2D eigenvalue weighted by Crippen LogP contribution is 2.21. The van der Waals surface area contributed by atoms with Crippen molar-refractivity contribution in [3.63, 3.8) is 0 Å². The number of sulfonamides is 1. The second-order valence-electron chi connectivity index (χ2n) is 7.19. The van der Waals surface area contributed by atoms with Gasteiger partial charge in [0.2, 0.25) is 15.9 Å². The second kappa shape index (κ2) is 10.1. The summed E-state index contributed by atoms with van der Waals surface area (Å²) in [5, 5.41) is 2.77. The monoisotopic (exact) mass is 399 g/mol. The van der Waals surface area contributed by atoms with Crippen molar-refractivity contribution in [2.45, 2.75) is 49.5 Å². The number of hydrogen-bond donors (Lipinski definition) is 1. The molecule has 1 aromatic carbocycles. The maximum absolute atomic E-state index is 13.0. The van der Waals surface area contributed by atoms with Gasteiger partial charge in [0, 0.05) is 19.6 Å². The minimum atomic E-state index is -3.81. The van der Waals surface area contributed by atoms with Crippen LogP contribution in [0, 0.1) is 5.82 Å². The minimum Gasteiger partial charge on any atom is -0.355 e. The lowest BCUT2D eigenvalue weighted by Crippen LogP contribution is -2.40. The summed E-state index contributed by atoms with van der Waals surface area (Å²) in [7, 11) is -0.344. The number of halogens is 1. The zero-order valence-electron chi connectivity index (χ0n) is 16.2. The van der Waals surface area contributed by atoms with Gasteiger partial charge >= 0.3 is 0 Å². The van der Waals surface area contributed by atoms with E-state index in [1.807, 2.05) is 0 Å². The zero-order valence-corrected chi connectivity index (χ0v) is 17.0. The normalized spacial score (nSPS) is 16.0. The van der Waals surface area contributed by atoms with E-state index in [1.165, 1.54) is 51.3 Å². The number of likely N-dealkylation sites (N-methyl/N-ethyl adjacent to an activating group) is 1. The van der Waals surface area contributed by atoms with E-state index in [0.29, 0.717) is 12.6 Å². The molecule has 1 aliphatic rings. The number of hydrogen-bond acceptors (Lipinski definition) is 4. The van der Waals surface area contributed by atoms with E-state index in [-0.39, 0.29) is 17.3 Å². The maximum Gasteiger partial charge on any atom is 0.243 e. The molecule has 0 aromatic heterocycles. The van der Waals surface area contributed by atoms with Gasteiger partial charge in [0.1, 0.15) is 5.82 Å². The summed E-state index contributed by atoms with van der Waals surface area (Å²) in [6, 6.07) is 5.20. The Kier molecular flexibility index (Phi) is 8.19. The van der Waals surface area contributed by atoms with Gasteiger partial charge in [-0.15, -0.1) is 0 Å². The number of nitrogens with one attached hydrogen (secondary N) is 1. The van der Waals surface area contributed by atoms with Gasteiger partial charge in [-0.05, 0) is 57.1 Å². The summed E-state index contributed by atoms with van der Waals surface area (Å²) in [6.45, 7) is 1.16. The summed E-state index contributed by atoms with van der Waals surface area (Å²) in [4.78, 5) is 14.4. The van der Waals surface area contributed by atoms with Crippen molar-refractivity contribution in [1.82, 2.24) is 14.5 Å². The number of carbonyl (C=O) groups is 1. The van der Waals surface area contributed by atoms with E-state index in [4.69, 9.17) is 0 Å². The third kappa shape index (κ3) is 6.55. The van der Waals surface area contributed by atoms with Gasteiger partial charge in [-0.1, -0.05) is 19.3 Å². The van der Waals surface area contributed by atoms with Crippen LogP contribution in [-0.4, -0.2) is 63.3 Å². The molecule has 1 fully saturated rings. The van der Waals surface area contributed by atoms with Gasteiger partial charge < -0.3 is 10.2 Å². The van der Waals surface area contributed by atoms with Crippen molar-refractivity contribution in [2.24, 2.45) is 0 Å². The fraction of sp³-hybridized carbons (Fsp3) is 0.632. The smallest absolute Gasteiger partial charge is 0.243 e. The Morgan fingerprint density at radius 2 is 1.78 bits per heavy atom. The lowest BCUT2D eigenvalue weighted by molar-refractivity contribution is -0.121. The summed E-state index contributed by atoms with van der Waals surface area (Å²) in [6.07, 6.45) is 7.23. The molecule has 0 atom stereocenters. The van der Waals surface area contributed by atoms with Gasteiger partial charge in [0.15, 0.2) is 0 Å². The molecule has 0 unspecified atom stereocenters. The van der Waals surface area contributed by atoms with Crippen molar-refractivity contribution >= 4 is 15.9 Å². The maximum atomic E-state index is 13.0. The first-order valence-corrected chi connectivity index (χ1v) is 10.9. The number of amides is 1. The molecule has 0 bridgehead atoms. The van der Waals surface area contributed by atoms with E-state index in [1.54, 1.807) is 0 Å². The lowest BCUT2D eigenvalue weighted by Gasteiger charge is -2.31. The first-order chi connectivity index (χ1) is 12.8. The van der Waals surface area contributed by atoms with Crippen molar-refractivity contribution in [1.29, 1.82) is 0 Å². The summed E-state index contributed by atoms with van der Waals surface area (Å²) < 4.78 is 38.7. The van der Waals surface area contributed by atoms with Crippen LogP contribution in [0.3, 0.4) is 0 Å². The number of nitrogens with zero attached hydrogens (tertiary/aromatic N) is 2. The molecule has 0 saturated heterocycles. The fourth-order valence-corrected chi connectivity index (χ4v) is 4.52. The van der Waals surface area contributed by atoms with E-state index < -0.39 is 15.8 Å². The Hall–Kier alpha value is -1.51. The van der Waals surface area contributed by atoms with E-state index in [0.717, 1.165) is 29.4 Å². The molecule has 0 aliphatic heterocycles. The minimum absolute atomic E-state index is 0.0340. The second-order valence-corrected chi connectivity index (χ2v) is 9.24. The Labute approximate surface area is 161 Å². The molecule has 1 N–H and O–H groups in total. The van der Waals surface area contributed by atoms with Crippen molar-refractivity contribution in [2.75, 3.05) is 33.7 Å². The van der Waals surface area contributed by atoms with Crippen molar-refractivity contribution < 1.29 is 17.6 Å². The van der Waals surface area contributed by atoms with Gasteiger partial charge in [-0.3, -0.25) is 4.79 Å². The predicted molar refractivity (Wildman–Crippen MR) is 103 cm³/mol. The molecular formula is C19H30FN3O3S. The average molecular weight is 400 g/mol. The highest BCUT2D eigenvalue weighted by Gasteiger charge is 2.23. The zero-order chi connectivity index (χ0) is 19.9. The summed E-state index contributed by atoms with van der Waals surface area (Å²) in [5.74, 6) is -0.851. The molecule has 1 aliphatic carbocycles. The Morgan fingerprint density at radius 3 is 2.41 bits per heavy atom. The van der Waals surface area contributed by atoms with Gasteiger partial charge in [-0.25, -0.2) is 12.8 Å². The van der Waals surface area contributed by atoms with Crippen LogP contribution in [0.4, 0.5) is 4.39 Å². The topological polar surface area (TPSA) is 69.7 Å².